The van der Waals surface area contributed by atoms with Gasteiger partial charge in [0, 0.05) is 9.75 Å². The normalized spacial score (nSPS) is 11.1. The summed E-state index contributed by atoms with van der Waals surface area (Å²) in [6.07, 6.45) is 0.949. The number of thiophene rings is 1. The van der Waals surface area contributed by atoms with Crippen LogP contribution in [0.25, 0.3) is 10.4 Å². The van der Waals surface area contributed by atoms with E-state index in [2.05, 4.69) is 50.2 Å². The van der Waals surface area contributed by atoms with Gasteiger partial charge in [-0.05, 0) is 42.1 Å². The van der Waals surface area contributed by atoms with E-state index < -0.39 is 0 Å². The van der Waals surface area contributed by atoms with E-state index in [-0.39, 0.29) is 0 Å². The van der Waals surface area contributed by atoms with Gasteiger partial charge >= 0.3 is 0 Å². The van der Waals surface area contributed by atoms with Crippen LogP contribution in [0.4, 0.5) is 0 Å². The lowest BCUT2D eigenvalue weighted by atomic mass is 10.0. The van der Waals surface area contributed by atoms with E-state index >= 15 is 0 Å². The molecule has 1 nitrogen and oxygen atoms in total. The molecule has 0 saturated carbocycles. The molecule has 90 valence electrons. The van der Waals surface area contributed by atoms with Crippen molar-refractivity contribution >= 4 is 11.3 Å². The molecule has 0 fully saturated rings. The molecule has 0 aliphatic rings. The van der Waals surface area contributed by atoms with Gasteiger partial charge in [0.1, 0.15) is 0 Å². The maximum atomic E-state index is 5.66. The first kappa shape index (κ1) is 12.3. The predicted molar refractivity (Wildman–Crippen MR) is 76.6 cm³/mol. The Bertz CT molecular complexity index is 485. The summed E-state index contributed by atoms with van der Waals surface area (Å²) in [6.45, 7) is 5.18. The highest BCUT2D eigenvalue weighted by molar-refractivity contribution is 7.15. The summed E-state index contributed by atoms with van der Waals surface area (Å²) in [7, 11) is 0. The molecule has 1 aromatic heterocycles. The number of hydrogen-bond acceptors (Lipinski definition) is 2. The molecule has 0 aliphatic heterocycles. The van der Waals surface area contributed by atoms with Crippen molar-refractivity contribution in [2.45, 2.75) is 26.2 Å². The summed E-state index contributed by atoms with van der Waals surface area (Å²) >= 11 is 1.89. The summed E-state index contributed by atoms with van der Waals surface area (Å²) in [6, 6.07) is 13.0. The van der Waals surface area contributed by atoms with Crippen molar-refractivity contribution in [3.8, 4) is 10.4 Å². The first-order valence-electron chi connectivity index (χ1n) is 6.10. The van der Waals surface area contributed by atoms with Crippen molar-refractivity contribution in [3.05, 3.63) is 46.8 Å². The molecular weight excluding hydrogens is 226 g/mol. The zero-order chi connectivity index (χ0) is 12.3. The van der Waals surface area contributed by atoms with Crippen LogP contribution in [0.1, 0.15) is 30.2 Å². The SMILES string of the molecule is CC(C)c1ccc(-c2ccccc2CCN)s1. The zero-order valence-corrected chi connectivity index (χ0v) is 11.3. The number of hydrogen-bond donors (Lipinski definition) is 1. The Morgan fingerprint density at radius 3 is 2.53 bits per heavy atom. The second kappa shape index (κ2) is 5.48. The molecule has 0 unspecified atom stereocenters. The van der Waals surface area contributed by atoms with Crippen LogP contribution in [0.5, 0.6) is 0 Å². The fourth-order valence-corrected chi connectivity index (χ4v) is 3.01. The molecule has 0 atom stereocenters. The third kappa shape index (κ3) is 2.76. The van der Waals surface area contributed by atoms with Crippen molar-refractivity contribution < 1.29 is 0 Å². The molecule has 0 radical (unpaired) electrons. The second-order valence-corrected chi connectivity index (χ2v) is 5.67. The van der Waals surface area contributed by atoms with Gasteiger partial charge < -0.3 is 5.73 Å². The average molecular weight is 245 g/mol. The molecule has 0 bridgehead atoms. The molecule has 0 aliphatic carbocycles. The molecule has 1 heterocycles. The van der Waals surface area contributed by atoms with Crippen molar-refractivity contribution in [2.75, 3.05) is 6.54 Å². The molecule has 0 spiro atoms. The third-order valence-electron chi connectivity index (χ3n) is 2.89. The second-order valence-electron chi connectivity index (χ2n) is 4.55. The van der Waals surface area contributed by atoms with Crippen molar-refractivity contribution in [3.63, 3.8) is 0 Å². The maximum absolute atomic E-state index is 5.66. The lowest BCUT2D eigenvalue weighted by Crippen LogP contribution is -2.03. The Kier molecular flexibility index (Phi) is 3.97. The number of benzene rings is 1. The molecule has 2 heteroatoms. The van der Waals surface area contributed by atoms with Crippen molar-refractivity contribution in [1.29, 1.82) is 0 Å². The average Bonchev–Trinajstić information content (AvgIpc) is 2.79. The summed E-state index contributed by atoms with van der Waals surface area (Å²) in [5, 5.41) is 0. The standard InChI is InChI=1S/C15H19NS/c1-11(2)14-7-8-15(17-14)13-6-4-3-5-12(13)9-10-16/h3-8,11H,9-10,16H2,1-2H3. The van der Waals surface area contributed by atoms with Gasteiger partial charge in [-0.25, -0.2) is 0 Å². The minimum absolute atomic E-state index is 0.607. The van der Waals surface area contributed by atoms with E-state index in [4.69, 9.17) is 5.73 Å². The highest BCUT2D eigenvalue weighted by Crippen LogP contribution is 2.33. The van der Waals surface area contributed by atoms with Crippen LogP contribution in [-0.4, -0.2) is 6.54 Å². The lowest BCUT2D eigenvalue weighted by Gasteiger charge is -2.06. The van der Waals surface area contributed by atoms with Gasteiger partial charge in [0.2, 0.25) is 0 Å². The van der Waals surface area contributed by atoms with Crippen LogP contribution in [-0.2, 0) is 6.42 Å². The number of nitrogens with two attached hydrogens (primary N) is 1. The van der Waals surface area contributed by atoms with Crippen LogP contribution in [0, 0.1) is 0 Å². The van der Waals surface area contributed by atoms with Crippen molar-refractivity contribution in [1.82, 2.24) is 0 Å². The van der Waals surface area contributed by atoms with Crippen LogP contribution in [0.2, 0.25) is 0 Å². The van der Waals surface area contributed by atoms with Crippen LogP contribution in [0.15, 0.2) is 36.4 Å². The van der Waals surface area contributed by atoms with Gasteiger partial charge in [-0.2, -0.15) is 0 Å². The van der Waals surface area contributed by atoms with E-state index in [1.54, 1.807) is 0 Å². The van der Waals surface area contributed by atoms with E-state index in [9.17, 15) is 0 Å². The summed E-state index contributed by atoms with van der Waals surface area (Å²) in [5.74, 6) is 0.607. The molecule has 0 saturated heterocycles. The fraction of sp³-hybridized carbons (Fsp3) is 0.333. The van der Waals surface area contributed by atoms with Gasteiger partial charge in [-0.15, -0.1) is 11.3 Å². The monoisotopic (exact) mass is 245 g/mol. The topological polar surface area (TPSA) is 26.0 Å². The van der Waals surface area contributed by atoms with Gasteiger partial charge in [-0.3, -0.25) is 0 Å². The molecule has 0 amide bonds. The first-order valence-corrected chi connectivity index (χ1v) is 6.92. The minimum Gasteiger partial charge on any atom is -0.330 e. The largest absolute Gasteiger partial charge is 0.330 e. The minimum atomic E-state index is 0.607. The van der Waals surface area contributed by atoms with E-state index in [1.807, 2.05) is 11.3 Å². The molecule has 17 heavy (non-hydrogen) atoms. The summed E-state index contributed by atoms with van der Waals surface area (Å²) < 4.78 is 0. The molecule has 2 N–H and O–H groups in total. The highest BCUT2D eigenvalue weighted by Gasteiger charge is 2.08. The van der Waals surface area contributed by atoms with Gasteiger partial charge in [0.05, 0.1) is 0 Å². The van der Waals surface area contributed by atoms with Crippen LogP contribution < -0.4 is 5.73 Å². The quantitative estimate of drug-likeness (QED) is 0.864. The number of rotatable bonds is 4. The van der Waals surface area contributed by atoms with Crippen molar-refractivity contribution in [2.24, 2.45) is 5.73 Å². The third-order valence-corrected chi connectivity index (χ3v) is 4.31. The highest BCUT2D eigenvalue weighted by atomic mass is 32.1. The van der Waals surface area contributed by atoms with Gasteiger partial charge in [-0.1, -0.05) is 38.1 Å². The van der Waals surface area contributed by atoms with Gasteiger partial charge in [0.15, 0.2) is 0 Å². The Morgan fingerprint density at radius 2 is 1.88 bits per heavy atom. The van der Waals surface area contributed by atoms with Crippen LogP contribution in [0.3, 0.4) is 0 Å². The van der Waals surface area contributed by atoms with E-state index in [1.165, 1.54) is 20.9 Å². The molecule has 1 aromatic carbocycles. The van der Waals surface area contributed by atoms with E-state index in [0.717, 1.165) is 6.42 Å². The maximum Gasteiger partial charge on any atom is 0.0348 e. The summed E-state index contributed by atoms with van der Waals surface area (Å²) in [5.41, 5.74) is 8.36. The smallest absolute Gasteiger partial charge is 0.0348 e. The predicted octanol–water partition coefficient (Wildman–Crippen LogP) is 4.04. The summed E-state index contributed by atoms with van der Waals surface area (Å²) in [4.78, 5) is 2.81. The van der Waals surface area contributed by atoms with E-state index in [0.29, 0.717) is 12.5 Å². The Morgan fingerprint density at radius 1 is 1.12 bits per heavy atom. The van der Waals surface area contributed by atoms with Crippen LogP contribution >= 0.6 is 11.3 Å². The Labute approximate surface area is 107 Å². The molecule has 2 aromatic rings. The lowest BCUT2D eigenvalue weighted by molar-refractivity contribution is 0.890. The zero-order valence-electron chi connectivity index (χ0n) is 10.4. The first-order chi connectivity index (χ1) is 8.22. The van der Waals surface area contributed by atoms with Gasteiger partial charge in [0.25, 0.3) is 0 Å². The Balaban J connectivity index is 2.38. The fourth-order valence-electron chi connectivity index (χ4n) is 1.94. The molecular formula is C15H19NS. The Hall–Kier alpha value is -1.12. The molecule has 2 rings (SSSR count).